The fourth-order valence-electron chi connectivity index (χ4n) is 2.82. The number of rotatable bonds is 10. The first-order chi connectivity index (χ1) is 16.8. The van der Waals surface area contributed by atoms with Crippen LogP contribution in [0.1, 0.15) is 12.8 Å². The molecule has 0 atom stereocenters. The van der Waals surface area contributed by atoms with Crippen LogP contribution in [0.3, 0.4) is 0 Å². The van der Waals surface area contributed by atoms with Crippen molar-refractivity contribution in [3.8, 4) is 17.2 Å². The van der Waals surface area contributed by atoms with Crippen LogP contribution in [-0.4, -0.2) is 31.5 Å². The molecule has 3 aromatic rings. The standard InChI is InChI=1S/C25H22Cl2N2O6/c1-33-18-7-9-20(10-8-18)35-19-5-3-17(4-6-19)28-23(30)12-13-25(32)34-15-24(31)29-22-11-2-16(26)14-21(22)27/h2-11,14H,12-13,15H2,1H3,(H,28,30)(H,29,31). The first-order valence-electron chi connectivity index (χ1n) is 10.4. The minimum absolute atomic E-state index is 0.104. The van der Waals surface area contributed by atoms with Gasteiger partial charge in [0.2, 0.25) is 5.91 Å². The smallest absolute Gasteiger partial charge is 0.306 e. The molecular weight excluding hydrogens is 495 g/mol. The fourth-order valence-corrected chi connectivity index (χ4v) is 3.28. The molecule has 0 saturated carbocycles. The second kappa shape index (κ2) is 12.6. The normalized spacial score (nSPS) is 10.3. The molecule has 0 saturated heterocycles. The predicted molar refractivity (Wildman–Crippen MR) is 133 cm³/mol. The molecule has 0 heterocycles. The third-order valence-electron chi connectivity index (χ3n) is 4.56. The highest BCUT2D eigenvalue weighted by Crippen LogP contribution is 2.26. The van der Waals surface area contributed by atoms with Crippen LogP contribution < -0.4 is 20.1 Å². The van der Waals surface area contributed by atoms with Crippen LogP contribution in [0.4, 0.5) is 11.4 Å². The van der Waals surface area contributed by atoms with Gasteiger partial charge in [0.15, 0.2) is 6.61 Å². The summed E-state index contributed by atoms with van der Waals surface area (Å²) in [6.45, 7) is -0.505. The maximum Gasteiger partial charge on any atom is 0.306 e. The van der Waals surface area contributed by atoms with E-state index in [1.165, 1.54) is 12.1 Å². The van der Waals surface area contributed by atoms with Crippen LogP contribution >= 0.6 is 23.2 Å². The van der Waals surface area contributed by atoms with Crippen LogP contribution in [-0.2, 0) is 19.1 Å². The second-order valence-corrected chi connectivity index (χ2v) is 8.03. The number of hydrogen-bond donors (Lipinski definition) is 2. The van der Waals surface area contributed by atoms with E-state index in [9.17, 15) is 14.4 Å². The summed E-state index contributed by atoms with van der Waals surface area (Å²) in [7, 11) is 1.59. The van der Waals surface area contributed by atoms with E-state index in [1.54, 1.807) is 61.7 Å². The number of nitrogens with one attached hydrogen (secondary N) is 2. The summed E-state index contributed by atoms with van der Waals surface area (Å²) in [6.07, 6.45) is -0.285. The summed E-state index contributed by atoms with van der Waals surface area (Å²) in [5, 5.41) is 5.89. The van der Waals surface area contributed by atoms with Gasteiger partial charge >= 0.3 is 5.97 Å². The van der Waals surface area contributed by atoms with Gasteiger partial charge in [0.25, 0.3) is 5.91 Å². The van der Waals surface area contributed by atoms with Crippen molar-refractivity contribution in [2.24, 2.45) is 0 Å². The summed E-state index contributed by atoms with van der Waals surface area (Å²) in [5.74, 6) is 0.347. The number of carbonyl (C=O) groups excluding carboxylic acids is 3. The largest absolute Gasteiger partial charge is 0.497 e. The van der Waals surface area contributed by atoms with Crippen LogP contribution in [0.15, 0.2) is 66.7 Å². The molecule has 2 N–H and O–H groups in total. The molecule has 0 aliphatic rings. The van der Waals surface area contributed by atoms with Crippen LogP contribution in [0.2, 0.25) is 10.0 Å². The van der Waals surface area contributed by atoms with E-state index in [2.05, 4.69) is 10.6 Å². The van der Waals surface area contributed by atoms with Gasteiger partial charge in [-0.25, -0.2) is 0 Å². The van der Waals surface area contributed by atoms with E-state index in [0.29, 0.717) is 27.9 Å². The Hall–Kier alpha value is -3.75. The van der Waals surface area contributed by atoms with Crippen molar-refractivity contribution in [2.45, 2.75) is 12.8 Å². The van der Waals surface area contributed by atoms with Crippen LogP contribution in [0.25, 0.3) is 0 Å². The van der Waals surface area contributed by atoms with Crippen molar-refractivity contribution < 1.29 is 28.6 Å². The first kappa shape index (κ1) is 25.9. The average Bonchev–Trinajstić information content (AvgIpc) is 2.85. The number of amides is 2. The van der Waals surface area contributed by atoms with Gasteiger partial charge in [-0.2, -0.15) is 0 Å². The lowest BCUT2D eigenvalue weighted by molar-refractivity contribution is -0.147. The van der Waals surface area contributed by atoms with E-state index in [1.807, 2.05) is 0 Å². The number of carbonyl (C=O) groups is 3. The fraction of sp³-hybridized carbons (Fsp3) is 0.160. The van der Waals surface area contributed by atoms with E-state index >= 15 is 0 Å². The average molecular weight is 517 g/mol. The summed E-state index contributed by atoms with van der Waals surface area (Å²) in [5.41, 5.74) is 0.890. The molecule has 8 nitrogen and oxygen atoms in total. The highest BCUT2D eigenvalue weighted by Gasteiger charge is 2.12. The number of benzene rings is 3. The molecule has 0 spiro atoms. The van der Waals surface area contributed by atoms with Gasteiger partial charge in [-0.3, -0.25) is 14.4 Å². The lowest BCUT2D eigenvalue weighted by atomic mass is 10.2. The maximum absolute atomic E-state index is 12.1. The zero-order chi connectivity index (χ0) is 25.2. The van der Waals surface area contributed by atoms with Gasteiger partial charge in [0.1, 0.15) is 17.2 Å². The highest BCUT2D eigenvalue weighted by atomic mass is 35.5. The topological polar surface area (TPSA) is 103 Å². The van der Waals surface area contributed by atoms with Gasteiger partial charge in [0, 0.05) is 17.1 Å². The number of anilines is 2. The van der Waals surface area contributed by atoms with E-state index in [-0.39, 0.29) is 23.8 Å². The lowest BCUT2D eigenvalue weighted by Crippen LogP contribution is -2.22. The Morgan fingerprint density at radius 3 is 2.03 bits per heavy atom. The van der Waals surface area contributed by atoms with Crippen molar-refractivity contribution >= 4 is 52.4 Å². The zero-order valence-electron chi connectivity index (χ0n) is 18.7. The molecule has 182 valence electrons. The van der Waals surface area contributed by atoms with Gasteiger partial charge in [-0.1, -0.05) is 23.2 Å². The highest BCUT2D eigenvalue weighted by molar-refractivity contribution is 6.36. The van der Waals surface area contributed by atoms with Crippen molar-refractivity contribution in [3.63, 3.8) is 0 Å². The number of hydrogen-bond acceptors (Lipinski definition) is 6. The summed E-state index contributed by atoms with van der Waals surface area (Å²) < 4.78 is 15.7. The van der Waals surface area contributed by atoms with Gasteiger partial charge < -0.3 is 24.8 Å². The Morgan fingerprint density at radius 1 is 0.771 bits per heavy atom. The van der Waals surface area contributed by atoms with E-state index in [0.717, 1.165) is 5.75 Å². The molecule has 0 radical (unpaired) electrons. The Bertz CT molecular complexity index is 1180. The van der Waals surface area contributed by atoms with Crippen molar-refractivity contribution in [1.29, 1.82) is 0 Å². The van der Waals surface area contributed by atoms with Crippen LogP contribution in [0, 0.1) is 0 Å². The predicted octanol–water partition coefficient (Wildman–Crippen LogP) is 5.69. The Kier molecular flexibility index (Phi) is 9.34. The van der Waals surface area contributed by atoms with Crippen molar-refractivity contribution in [2.75, 3.05) is 24.4 Å². The molecule has 2 amide bonds. The molecular formula is C25H22Cl2N2O6. The monoisotopic (exact) mass is 516 g/mol. The lowest BCUT2D eigenvalue weighted by Gasteiger charge is -2.09. The SMILES string of the molecule is COc1ccc(Oc2ccc(NC(=O)CCC(=O)OCC(=O)Nc3ccc(Cl)cc3Cl)cc2)cc1. The number of halogens is 2. The minimum Gasteiger partial charge on any atom is -0.497 e. The molecule has 0 bridgehead atoms. The molecule has 3 rings (SSSR count). The second-order valence-electron chi connectivity index (χ2n) is 7.18. The summed E-state index contributed by atoms with van der Waals surface area (Å²) >= 11 is 11.8. The molecule has 35 heavy (non-hydrogen) atoms. The van der Waals surface area contributed by atoms with E-state index < -0.39 is 18.5 Å². The van der Waals surface area contributed by atoms with Crippen molar-refractivity contribution in [1.82, 2.24) is 0 Å². The third kappa shape index (κ3) is 8.51. The summed E-state index contributed by atoms with van der Waals surface area (Å²) in [6, 6.07) is 18.5. The Morgan fingerprint density at radius 2 is 1.40 bits per heavy atom. The molecule has 0 fully saturated rings. The molecule has 0 aliphatic heterocycles. The Balaban J connectivity index is 1.37. The molecule has 0 unspecified atom stereocenters. The third-order valence-corrected chi connectivity index (χ3v) is 5.11. The first-order valence-corrected chi connectivity index (χ1v) is 11.2. The van der Waals surface area contributed by atoms with Gasteiger partial charge in [-0.05, 0) is 66.7 Å². The molecule has 0 aliphatic carbocycles. The molecule has 0 aromatic heterocycles. The minimum atomic E-state index is -0.680. The number of ether oxygens (including phenoxy) is 3. The molecule has 10 heteroatoms. The summed E-state index contributed by atoms with van der Waals surface area (Å²) in [4.78, 5) is 35.9. The van der Waals surface area contributed by atoms with Gasteiger partial charge in [0.05, 0.1) is 24.2 Å². The molecule has 3 aromatic carbocycles. The number of methoxy groups -OCH3 is 1. The maximum atomic E-state index is 12.1. The van der Waals surface area contributed by atoms with Crippen LogP contribution in [0.5, 0.6) is 17.2 Å². The number of esters is 1. The van der Waals surface area contributed by atoms with E-state index in [4.69, 9.17) is 37.4 Å². The zero-order valence-corrected chi connectivity index (χ0v) is 20.2. The van der Waals surface area contributed by atoms with Gasteiger partial charge in [-0.15, -0.1) is 0 Å². The Labute approximate surface area is 212 Å². The van der Waals surface area contributed by atoms with Crippen molar-refractivity contribution in [3.05, 3.63) is 76.8 Å². The quantitative estimate of drug-likeness (QED) is 0.335.